The lowest BCUT2D eigenvalue weighted by atomic mass is 9.91. The number of benzene rings is 6. The van der Waals surface area contributed by atoms with Crippen molar-refractivity contribution in [2.24, 2.45) is 0 Å². The molecule has 0 saturated heterocycles. The highest BCUT2D eigenvalue weighted by atomic mass is 79.9. The van der Waals surface area contributed by atoms with Gasteiger partial charge >= 0.3 is 0 Å². The van der Waals surface area contributed by atoms with E-state index >= 15 is 0 Å². The quantitative estimate of drug-likeness (QED) is 0.228. The molecule has 6 aromatic carbocycles. The van der Waals surface area contributed by atoms with Crippen molar-refractivity contribution in [1.29, 1.82) is 0 Å². The minimum absolute atomic E-state index is 1.13. The van der Waals surface area contributed by atoms with Gasteiger partial charge in [0.15, 0.2) is 0 Å². The third kappa shape index (κ3) is 2.51. The number of fused-ring (bicyclic) bond motifs is 7. The Bertz CT molecular complexity index is 1520. The Morgan fingerprint density at radius 2 is 0.862 bits per heavy atom. The van der Waals surface area contributed by atoms with Crippen molar-refractivity contribution in [2.45, 2.75) is 0 Å². The number of hydrogen-bond acceptors (Lipinski definition) is 0. The molecule has 0 nitrogen and oxygen atoms in total. The Balaban J connectivity index is 1.75. The first kappa shape index (κ1) is 16.8. The third-order valence-electron chi connectivity index (χ3n) is 5.93. The number of halogens is 1. The van der Waals surface area contributed by atoms with Gasteiger partial charge in [-0.15, -0.1) is 0 Å². The van der Waals surface area contributed by atoms with Gasteiger partial charge in [-0.25, -0.2) is 0 Å². The van der Waals surface area contributed by atoms with Crippen LogP contribution in [0.4, 0.5) is 0 Å². The van der Waals surface area contributed by atoms with E-state index in [4.69, 9.17) is 0 Å². The van der Waals surface area contributed by atoms with E-state index in [0.717, 1.165) is 4.47 Å². The maximum atomic E-state index is 3.70. The van der Waals surface area contributed by atoms with Gasteiger partial charge in [0.25, 0.3) is 0 Å². The monoisotopic (exact) mass is 432 g/mol. The predicted octanol–water partition coefficient (Wildman–Crippen LogP) is 8.73. The largest absolute Gasteiger partial charge is 0.0616 e. The molecule has 0 aromatic heterocycles. The molecule has 6 rings (SSSR count). The first-order chi connectivity index (χ1) is 14.3. The van der Waals surface area contributed by atoms with E-state index in [2.05, 4.69) is 119 Å². The van der Waals surface area contributed by atoms with E-state index in [1.807, 2.05) is 0 Å². The van der Waals surface area contributed by atoms with Gasteiger partial charge in [0.05, 0.1) is 0 Å². The van der Waals surface area contributed by atoms with Gasteiger partial charge in [0.2, 0.25) is 0 Å². The summed E-state index contributed by atoms with van der Waals surface area (Å²) in [6, 6.07) is 37.3. The van der Waals surface area contributed by atoms with Crippen LogP contribution in [0.1, 0.15) is 0 Å². The molecule has 1 heteroatoms. The van der Waals surface area contributed by atoms with Gasteiger partial charge in [-0.3, -0.25) is 0 Å². The molecule has 0 fully saturated rings. The van der Waals surface area contributed by atoms with Crippen LogP contribution in [0.15, 0.2) is 108 Å². The number of hydrogen-bond donors (Lipinski definition) is 0. The van der Waals surface area contributed by atoms with Crippen molar-refractivity contribution in [2.75, 3.05) is 0 Å². The van der Waals surface area contributed by atoms with Crippen LogP contribution in [0.2, 0.25) is 0 Å². The highest BCUT2D eigenvalue weighted by Crippen LogP contribution is 2.39. The summed E-state index contributed by atoms with van der Waals surface area (Å²) in [6.07, 6.45) is 0. The van der Waals surface area contributed by atoms with E-state index in [1.54, 1.807) is 0 Å². The summed E-state index contributed by atoms with van der Waals surface area (Å²) in [5.41, 5.74) is 2.52. The van der Waals surface area contributed by atoms with Gasteiger partial charge in [-0.2, -0.15) is 0 Å². The Kier molecular flexibility index (Phi) is 3.72. The van der Waals surface area contributed by atoms with Crippen LogP contribution < -0.4 is 0 Å². The predicted molar refractivity (Wildman–Crippen MR) is 130 cm³/mol. The lowest BCUT2D eigenvalue weighted by molar-refractivity contribution is 1.67. The van der Waals surface area contributed by atoms with E-state index < -0.39 is 0 Å². The lowest BCUT2D eigenvalue weighted by Gasteiger charge is -2.13. The van der Waals surface area contributed by atoms with E-state index in [0.29, 0.717) is 0 Å². The number of rotatable bonds is 1. The summed E-state index contributed by atoms with van der Waals surface area (Å²) < 4.78 is 1.13. The minimum Gasteiger partial charge on any atom is -0.0616 e. The van der Waals surface area contributed by atoms with Gasteiger partial charge in [0.1, 0.15) is 0 Å². The van der Waals surface area contributed by atoms with Crippen LogP contribution in [0, 0.1) is 0 Å². The fourth-order valence-electron chi connectivity index (χ4n) is 4.59. The molecule has 0 heterocycles. The van der Waals surface area contributed by atoms with Crippen molar-refractivity contribution >= 4 is 59.0 Å². The van der Waals surface area contributed by atoms with Crippen molar-refractivity contribution in [1.82, 2.24) is 0 Å². The van der Waals surface area contributed by atoms with Crippen molar-refractivity contribution in [3.8, 4) is 11.1 Å². The molecule has 0 N–H and O–H groups in total. The SMILES string of the molecule is Brc1ccc(-c2ccc3c4ccccc4c4ccccc4c3c2)c2ccccc12. The van der Waals surface area contributed by atoms with E-state index in [1.165, 1.54) is 54.2 Å². The van der Waals surface area contributed by atoms with Crippen LogP contribution in [-0.4, -0.2) is 0 Å². The fraction of sp³-hybridized carbons (Fsp3) is 0. The molecule has 0 spiro atoms. The van der Waals surface area contributed by atoms with Crippen LogP contribution in [-0.2, 0) is 0 Å². The Morgan fingerprint density at radius 3 is 1.48 bits per heavy atom. The second-order valence-electron chi connectivity index (χ2n) is 7.49. The third-order valence-corrected chi connectivity index (χ3v) is 6.62. The van der Waals surface area contributed by atoms with Crippen molar-refractivity contribution < 1.29 is 0 Å². The van der Waals surface area contributed by atoms with Crippen LogP contribution >= 0.6 is 15.9 Å². The zero-order chi connectivity index (χ0) is 19.4. The lowest BCUT2D eigenvalue weighted by Crippen LogP contribution is -1.86. The van der Waals surface area contributed by atoms with Gasteiger partial charge in [0, 0.05) is 4.47 Å². The Hall–Kier alpha value is -3.16. The maximum Gasteiger partial charge on any atom is 0.0254 e. The molecular formula is C28H17Br. The van der Waals surface area contributed by atoms with Crippen LogP contribution in [0.5, 0.6) is 0 Å². The first-order valence-corrected chi connectivity index (χ1v) is 10.6. The molecule has 0 atom stereocenters. The van der Waals surface area contributed by atoms with E-state index in [9.17, 15) is 0 Å². The fourth-order valence-corrected chi connectivity index (χ4v) is 5.07. The molecule has 0 bridgehead atoms. The molecule has 6 aromatic rings. The van der Waals surface area contributed by atoms with E-state index in [-0.39, 0.29) is 0 Å². The maximum absolute atomic E-state index is 3.70. The Morgan fingerprint density at radius 1 is 0.379 bits per heavy atom. The zero-order valence-corrected chi connectivity index (χ0v) is 17.3. The van der Waals surface area contributed by atoms with Gasteiger partial charge in [-0.05, 0) is 66.3 Å². The second-order valence-corrected chi connectivity index (χ2v) is 8.35. The van der Waals surface area contributed by atoms with Crippen LogP contribution in [0.3, 0.4) is 0 Å². The summed E-state index contributed by atoms with van der Waals surface area (Å²) in [5, 5.41) is 10.4. The summed E-state index contributed by atoms with van der Waals surface area (Å²) in [4.78, 5) is 0. The second kappa shape index (κ2) is 6.43. The highest BCUT2D eigenvalue weighted by molar-refractivity contribution is 9.10. The standard InChI is InChI=1S/C28H17Br/c29-28-16-15-19(20-7-5-6-12-26(20)28)18-13-14-25-23-10-2-1-8-21(23)22-9-3-4-11-24(22)27(25)17-18/h1-17H. The zero-order valence-electron chi connectivity index (χ0n) is 15.7. The summed E-state index contributed by atoms with van der Waals surface area (Å²) in [5.74, 6) is 0. The van der Waals surface area contributed by atoms with Gasteiger partial charge < -0.3 is 0 Å². The Labute approximate surface area is 177 Å². The normalized spacial score (nSPS) is 11.6. The first-order valence-electron chi connectivity index (χ1n) is 9.82. The highest BCUT2D eigenvalue weighted by Gasteiger charge is 2.11. The van der Waals surface area contributed by atoms with Crippen molar-refractivity contribution in [3.05, 3.63) is 108 Å². The molecule has 29 heavy (non-hydrogen) atoms. The summed E-state index contributed by atoms with van der Waals surface area (Å²) in [6.45, 7) is 0. The molecule has 0 aliphatic heterocycles. The van der Waals surface area contributed by atoms with Crippen molar-refractivity contribution in [3.63, 3.8) is 0 Å². The molecular weight excluding hydrogens is 416 g/mol. The summed E-state index contributed by atoms with van der Waals surface area (Å²) >= 11 is 3.70. The molecule has 136 valence electrons. The summed E-state index contributed by atoms with van der Waals surface area (Å²) in [7, 11) is 0. The molecule has 0 aliphatic rings. The average Bonchev–Trinajstić information content (AvgIpc) is 2.79. The molecule has 0 amide bonds. The molecule has 0 aliphatic carbocycles. The molecule has 0 unspecified atom stereocenters. The average molecular weight is 433 g/mol. The topological polar surface area (TPSA) is 0 Å². The van der Waals surface area contributed by atoms with Gasteiger partial charge in [-0.1, -0.05) is 107 Å². The van der Waals surface area contributed by atoms with Crippen LogP contribution in [0.25, 0.3) is 54.2 Å². The molecule has 0 radical (unpaired) electrons. The minimum atomic E-state index is 1.13. The smallest absolute Gasteiger partial charge is 0.0254 e. The molecule has 0 saturated carbocycles.